The summed E-state index contributed by atoms with van der Waals surface area (Å²) in [5, 5.41) is 8.97. The van der Waals surface area contributed by atoms with Crippen LogP contribution in [-0.2, 0) is 13.0 Å². The number of carbonyl (C=O) groups excluding carboxylic acids is 1. The first-order valence-corrected chi connectivity index (χ1v) is 6.85. The SMILES string of the molecule is C=CCc1ccc(/C=C/C(=O)c2ccc(CO)cc2)cc1. The summed E-state index contributed by atoms with van der Waals surface area (Å²) >= 11 is 0. The number of aliphatic hydroxyl groups is 1. The monoisotopic (exact) mass is 278 g/mol. The van der Waals surface area contributed by atoms with E-state index < -0.39 is 0 Å². The highest BCUT2D eigenvalue weighted by Gasteiger charge is 2.01. The molecule has 1 N–H and O–H groups in total. The van der Waals surface area contributed by atoms with Crippen molar-refractivity contribution in [3.8, 4) is 0 Å². The van der Waals surface area contributed by atoms with Crippen molar-refractivity contribution >= 4 is 11.9 Å². The predicted molar refractivity (Wildman–Crippen MR) is 86.1 cm³/mol. The van der Waals surface area contributed by atoms with Crippen LogP contribution in [0.3, 0.4) is 0 Å². The fraction of sp³-hybridized carbons (Fsp3) is 0.105. The van der Waals surface area contributed by atoms with Gasteiger partial charge in [-0.15, -0.1) is 6.58 Å². The number of allylic oxidation sites excluding steroid dienone is 2. The maximum absolute atomic E-state index is 12.0. The van der Waals surface area contributed by atoms with Gasteiger partial charge in [-0.3, -0.25) is 4.79 Å². The molecule has 0 saturated heterocycles. The lowest BCUT2D eigenvalue weighted by atomic mass is 10.1. The average molecular weight is 278 g/mol. The summed E-state index contributed by atoms with van der Waals surface area (Å²) in [7, 11) is 0. The van der Waals surface area contributed by atoms with Gasteiger partial charge in [0.1, 0.15) is 0 Å². The van der Waals surface area contributed by atoms with Crippen molar-refractivity contribution in [3.05, 3.63) is 89.5 Å². The molecule has 2 aromatic carbocycles. The van der Waals surface area contributed by atoms with Crippen LogP contribution >= 0.6 is 0 Å². The third-order valence-corrected chi connectivity index (χ3v) is 3.21. The molecule has 2 aromatic rings. The van der Waals surface area contributed by atoms with Crippen molar-refractivity contribution in [2.75, 3.05) is 0 Å². The van der Waals surface area contributed by atoms with Gasteiger partial charge in [0.25, 0.3) is 0 Å². The number of aliphatic hydroxyl groups excluding tert-OH is 1. The van der Waals surface area contributed by atoms with E-state index in [0.717, 1.165) is 17.5 Å². The summed E-state index contributed by atoms with van der Waals surface area (Å²) in [6, 6.07) is 15.0. The van der Waals surface area contributed by atoms with Gasteiger partial charge < -0.3 is 5.11 Å². The molecule has 0 aliphatic heterocycles. The van der Waals surface area contributed by atoms with Crippen LogP contribution in [0.15, 0.2) is 67.3 Å². The van der Waals surface area contributed by atoms with Gasteiger partial charge in [-0.05, 0) is 29.2 Å². The third kappa shape index (κ3) is 4.26. The van der Waals surface area contributed by atoms with Crippen molar-refractivity contribution in [1.82, 2.24) is 0 Å². The van der Waals surface area contributed by atoms with E-state index in [4.69, 9.17) is 5.11 Å². The molecule has 0 aliphatic carbocycles. The Balaban J connectivity index is 2.05. The van der Waals surface area contributed by atoms with Crippen LogP contribution in [0, 0.1) is 0 Å². The van der Waals surface area contributed by atoms with Gasteiger partial charge in [-0.25, -0.2) is 0 Å². The smallest absolute Gasteiger partial charge is 0.185 e. The second-order valence-corrected chi connectivity index (χ2v) is 4.79. The standard InChI is InChI=1S/C19H18O2/c1-2-3-15-4-6-16(7-5-15)10-13-19(21)18-11-8-17(14-20)9-12-18/h2,4-13,20H,1,3,14H2/b13-10+. The molecule has 0 atom stereocenters. The van der Waals surface area contributed by atoms with E-state index in [1.165, 1.54) is 5.56 Å². The lowest BCUT2D eigenvalue weighted by Gasteiger charge is -1.99. The Morgan fingerprint density at radius 1 is 1.00 bits per heavy atom. The van der Waals surface area contributed by atoms with Crippen LogP contribution in [0.25, 0.3) is 6.08 Å². The molecule has 21 heavy (non-hydrogen) atoms. The molecule has 0 radical (unpaired) electrons. The minimum absolute atomic E-state index is 0.0125. The number of carbonyl (C=O) groups is 1. The Labute approximate surface area is 125 Å². The zero-order valence-electron chi connectivity index (χ0n) is 11.8. The molecule has 0 saturated carbocycles. The normalized spacial score (nSPS) is 10.7. The van der Waals surface area contributed by atoms with E-state index in [1.807, 2.05) is 30.3 Å². The minimum atomic E-state index is -0.0466. The lowest BCUT2D eigenvalue weighted by Crippen LogP contribution is -1.94. The summed E-state index contributed by atoms with van der Waals surface area (Å²) in [6.07, 6.45) is 6.08. The van der Waals surface area contributed by atoms with Gasteiger partial charge in [0, 0.05) is 5.56 Å². The number of ketones is 1. The Hall–Kier alpha value is -2.45. The molecule has 0 heterocycles. The first-order chi connectivity index (χ1) is 10.2. The largest absolute Gasteiger partial charge is 0.392 e. The molecular formula is C19H18O2. The molecule has 0 amide bonds. The van der Waals surface area contributed by atoms with E-state index in [1.54, 1.807) is 36.4 Å². The molecule has 106 valence electrons. The van der Waals surface area contributed by atoms with Crippen LogP contribution in [0.5, 0.6) is 0 Å². The second kappa shape index (κ2) is 7.36. The van der Waals surface area contributed by atoms with E-state index in [-0.39, 0.29) is 12.4 Å². The molecule has 0 aromatic heterocycles. The van der Waals surface area contributed by atoms with Crippen molar-refractivity contribution in [1.29, 1.82) is 0 Å². The maximum atomic E-state index is 12.0. The van der Waals surface area contributed by atoms with Crippen molar-refractivity contribution in [2.45, 2.75) is 13.0 Å². The summed E-state index contributed by atoms with van der Waals surface area (Å²) in [5.41, 5.74) is 3.61. The van der Waals surface area contributed by atoms with Gasteiger partial charge >= 0.3 is 0 Å². The molecular weight excluding hydrogens is 260 g/mol. The van der Waals surface area contributed by atoms with E-state index in [9.17, 15) is 4.79 Å². The number of benzene rings is 2. The van der Waals surface area contributed by atoms with Crippen molar-refractivity contribution in [2.24, 2.45) is 0 Å². The molecule has 2 nitrogen and oxygen atoms in total. The summed E-state index contributed by atoms with van der Waals surface area (Å²) in [6.45, 7) is 3.70. The fourth-order valence-electron chi connectivity index (χ4n) is 1.97. The highest BCUT2D eigenvalue weighted by molar-refractivity contribution is 6.06. The summed E-state index contributed by atoms with van der Waals surface area (Å²) in [5.74, 6) is -0.0466. The topological polar surface area (TPSA) is 37.3 Å². The molecule has 2 rings (SSSR count). The van der Waals surface area contributed by atoms with E-state index >= 15 is 0 Å². The van der Waals surface area contributed by atoms with E-state index in [2.05, 4.69) is 6.58 Å². The quantitative estimate of drug-likeness (QED) is 0.496. The molecule has 0 aliphatic rings. The zero-order valence-corrected chi connectivity index (χ0v) is 11.8. The van der Waals surface area contributed by atoms with Crippen LogP contribution in [-0.4, -0.2) is 10.9 Å². The van der Waals surface area contributed by atoms with Crippen LogP contribution in [0.1, 0.15) is 27.0 Å². The first-order valence-electron chi connectivity index (χ1n) is 6.85. The molecule has 0 bridgehead atoms. The van der Waals surface area contributed by atoms with Crippen molar-refractivity contribution < 1.29 is 9.90 Å². The number of hydrogen-bond donors (Lipinski definition) is 1. The summed E-state index contributed by atoms with van der Waals surface area (Å²) in [4.78, 5) is 12.0. The number of rotatable bonds is 6. The zero-order chi connectivity index (χ0) is 15.1. The van der Waals surface area contributed by atoms with Crippen LogP contribution in [0.4, 0.5) is 0 Å². The highest BCUT2D eigenvalue weighted by Crippen LogP contribution is 2.10. The van der Waals surface area contributed by atoms with Gasteiger partial charge in [0.15, 0.2) is 5.78 Å². The molecule has 0 unspecified atom stereocenters. The van der Waals surface area contributed by atoms with Crippen molar-refractivity contribution in [3.63, 3.8) is 0 Å². The molecule has 2 heteroatoms. The first kappa shape index (κ1) is 14.9. The third-order valence-electron chi connectivity index (χ3n) is 3.21. The molecule has 0 spiro atoms. The second-order valence-electron chi connectivity index (χ2n) is 4.79. The minimum Gasteiger partial charge on any atom is -0.392 e. The number of hydrogen-bond acceptors (Lipinski definition) is 2. The summed E-state index contributed by atoms with van der Waals surface area (Å²) < 4.78 is 0. The van der Waals surface area contributed by atoms with Gasteiger partial charge in [-0.1, -0.05) is 60.7 Å². The predicted octanol–water partition coefficient (Wildman–Crippen LogP) is 3.80. The highest BCUT2D eigenvalue weighted by atomic mass is 16.3. The Morgan fingerprint density at radius 2 is 1.62 bits per heavy atom. The van der Waals surface area contributed by atoms with Crippen LogP contribution < -0.4 is 0 Å². The van der Waals surface area contributed by atoms with Gasteiger partial charge in [-0.2, -0.15) is 0 Å². The Kier molecular flexibility index (Phi) is 5.24. The van der Waals surface area contributed by atoms with Gasteiger partial charge in [0.2, 0.25) is 0 Å². The maximum Gasteiger partial charge on any atom is 0.185 e. The molecule has 0 fully saturated rings. The average Bonchev–Trinajstić information content (AvgIpc) is 2.54. The van der Waals surface area contributed by atoms with Gasteiger partial charge in [0.05, 0.1) is 6.61 Å². The van der Waals surface area contributed by atoms with E-state index in [0.29, 0.717) is 5.56 Å². The Morgan fingerprint density at radius 3 is 2.19 bits per heavy atom. The Bertz CT molecular complexity index is 634. The van der Waals surface area contributed by atoms with Crippen LogP contribution in [0.2, 0.25) is 0 Å². The fourth-order valence-corrected chi connectivity index (χ4v) is 1.97. The lowest BCUT2D eigenvalue weighted by molar-refractivity contribution is 0.104.